The Morgan fingerprint density at radius 3 is 2.28 bits per heavy atom. The number of carbonyl (C=O) groups excluding carboxylic acids is 1. The fourth-order valence-electron chi connectivity index (χ4n) is 1.33. The molecule has 0 heterocycles. The van der Waals surface area contributed by atoms with Gasteiger partial charge in [0, 0.05) is 6.04 Å². The van der Waals surface area contributed by atoms with E-state index in [1.807, 2.05) is 0 Å². The van der Waals surface area contributed by atoms with E-state index in [4.69, 9.17) is 5.11 Å². The molecule has 0 spiro atoms. The number of amides is 1. The van der Waals surface area contributed by atoms with Crippen LogP contribution in [0.3, 0.4) is 0 Å². The number of carboxylic acids is 1. The van der Waals surface area contributed by atoms with Gasteiger partial charge in [0.1, 0.15) is 0 Å². The minimum absolute atomic E-state index is 0.0463. The van der Waals surface area contributed by atoms with Gasteiger partial charge < -0.3 is 10.4 Å². The smallest absolute Gasteiger partial charge is 0.305 e. The van der Waals surface area contributed by atoms with E-state index in [9.17, 15) is 18.0 Å². The molecule has 1 amide bonds. The van der Waals surface area contributed by atoms with E-state index in [1.165, 1.54) is 6.92 Å². The predicted molar refractivity (Wildman–Crippen MR) is 66.5 cm³/mol. The Morgan fingerprint density at radius 2 is 1.83 bits per heavy atom. The minimum atomic E-state index is -3.46. The highest BCUT2D eigenvalue weighted by Crippen LogP contribution is 1.95. The second-order valence-corrected chi connectivity index (χ2v) is 6.04. The highest BCUT2D eigenvalue weighted by atomic mass is 32.2. The van der Waals surface area contributed by atoms with Crippen LogP contribution in [0.15, 0.2) is 0 Å². The zero-order valence-electron chi connectivity index (χ0n) is 10.8. The predicted octanol–water partition coefficient (Wildman–Crippen LogP) is -0.316. The largest absolute Gasteiger partial charge is 0.481 e. The molecule has 0 aromatic rings. The first-order chi connectivity index (χ1) is 8.18. The molecule has 7 nitrogen and oxygen atoms in total. The Hall–Kier alpha value is -1.15. The van der Waals surface area contributed by atoms with Gasteiger partial charge in [-0.2, -0.15) is 0 Å². The molecule has 0 aliphatic heterocycles. The minimum Gasteiger partial charge on any atom is -0.481 e. The van der Waals surface area contributed by atoms with Crippen LogP contribution in [-0.2, 0) is 19.6 Å². The molecule has 3 N–H and O–H groups in total. The van der Waals surface area contributed by atoms with Gasteiger partial charge in [-0.15, -0.1) is 0 Å². The number of carboxylic acid groups (broad SMARTS) is 1. The van der Waals surface area contributed by atoms with Gasteiger partial charge in [0.15, 0.2) is 0 Å². The topological polar surface area (TPSA) is 113 Å². The third-order valence-electron chi connectivity index (χ3n) is 2.09. The lowest BCUT2D eigenvalue weighted by atomic mass is 10.2. The summed E-state index contributed by atoms with van der Waals surface area (Å²) in [6.07, 6.45) is 0.249. The zero-order chi connectivity index (χ0) is 14.3. The van der Waals surface area contributed by atoms with Gasteiger partial charge in [0.2, 0.25) is 15.9 Å². The standard InChI is InChI=1S/C10H20N2O5S/c1-4-5-18(16,17)12-8(3)10(15)11-7(2)6-9(13)14/h7-8,12H,4-6H2,1-3H3,(H,11,15)(H,13,14). The molecule has 0 aromatic heterocycles. The molecule has 0 rings (SSSR count). The van der Waals surface area contributed by atoms with E-state index in [0.29, 0.717) is 6.42 Å². The summed E-state index contributed by atoms with van der Waals surface area (Å²) in [5, 5.41) is 11.0. The first kappa shape index (κ1) is 16.9. The van der Waals surface area contributed by atoms with Crippen LogP contribution < -0.4 is 10.0 Å². The number of hydrogen-bond donors (Lipinski definition) is 3. The maximum absolute atomic E-state index is 11.6. The summed E-state index contributed by atoms with van der Waals surface area (Å²) in [6, 6.07) is -1.47. The summed E-state index contributed by atoms with van der Waals surface area (Å²) in [7, 11) is -3.46. The van der Waals surface area contributed by atoms with E-state index in [-0.39, 0.29) is 12.2 Å². The van der Waals surface area contributed by atoms with E-state index in [2.05, 4.69) is 10.0 Å². The van der Waals surface area contributed by atoms with Crippen molar-refractivity contribution in [3.8, 4) is 0 Å². The van der Waals surface area contributed by atoms with E-state index in [0.717, 1.165) is 0 Å². The lowest BCUT2D eigenvalue weighted by Gasteiger charge is -2.17. The number of carbonyl (C=O) groups is 2. The molecule has 0 aromatic carbocycles. The molecule has 2 atom stereocenters. The van der Waals surface area contributed by atoms with Gasteiger partial charge in [-0.05, 0) is 20.3 Å². The number of hydrogen-bond acceptors (Lipinski definition) is 4. The molecular formula is C10H20N2O5S. The SMILES string of the molecule is CCCS(=O)(=O)NC(C)C(=O)NC(C)CC(=O)O. The second-order valence-electron chi connectivity index (χ2n) is 4.17. The van der Waals surface area contributed by atoms with E-state index >= 15 is 0 Å². The summed E-state index contributed by atoms with van der Waals surface area (Å²) in [6.45, 7) is 4.67. The highest BCUT2D eigenvalue weighted by molar-refractivity contribution is 7.89. The number of aliphatic carboxylic acids is 1. The molecule has 2 unspecified atom stereocenters. The van der Waals surface area contributed by atoms with Gasteiger partial charge in [-0.25, -0.2) is 13.1 Å². The van der Waals surface area contributed by atoms with Crippen LogP contribution in [-0.4, -0.2) is 43.2 Å². The molecule has 0 aliphatic carbocycles. The number of nitrogens with one attached hydrogen (secondary N) is 2. The third-order valence-corrected chi connectivity index (χ3v) is 3.75. The van der Waals surface area contributed by atoms with Crippen LogP contribution in [0.4, 0.5) is 0 Å². The average molecular weight is 280 g/mol. The van der Waals surface area contributed by atoms with Crippen molar-refractivity contribution in [3.63, 3.8) is 0 Å². The maximum Gasteiger partial charge on any atom is 0.305 e. The molecule has 0 fully saturated rings. The van der Waals surface area contributed by atoms with Crippen molar-refractivity contribution in [1.29, 1.82) is 0 Å². The molecule has 106 valence electrons. The monoisotopic (exact) mass is 280 g/mol. The van der Waals surface area contributed by atoms with Gasteiger partial charge in [0.05, 0.1) is 18.2 Å². The summed E-state index contributed by atoms with van der Waals surface area (Å²) < 4.78 is 25.1. The Bertz CT molecular complexity index is 393. The Kier molecular flexibility index (Phi) is 6.85. The number of sulfonamides is 1. The van der Waals surface area contributed by atoms with Crippen molar-refractivity contribution >= 4 is 21.9 Å². The van der Waals surface area contributed by atoms with Gasteiger partial charge in [0.25, 0.3) is 0 Å². The molecule has 0 radical (unpaired) electrons. The average Bonchev–Trinajstić information content (AvgIpc) is 2.14. The van der Waals surface area contributed by atoms with Crippen LogP contribution >= 0.6 is 0 Å². The van der Waals surface area contributed by atoms with Crippen molar-refractivity contribution in [2.24, 2.45) is 0 Å². The molecule has 0 saturated carbocycles. The molecule has 8 heteroatoms. The van der Waals surface area contributed by atoms with Crippen molar-refractivity contribution in [2.75, 3.05) is 5.75 Å². The van der Waals surface area contributed by atoms with Crippen molar-refractivity contribution in [2.45, 2.75) is 45.7 Å². The molecule has 18 heavy (non-hydrogen) atoms. The molecular weight excluding hydrogens is 260 g/mol. The van der Waals surface area contributed by atoms with Gasteiger partial charge in [-0.3, -0.25) is 9.59 Å². The third kappa shape index (κ3) is 7.23. The molecule has 0 bridgehead atoms. The van der Waals surface area contributed by atoms with Gasteiger partial charge >= 0.3 is 5.97 Å². The lowest BCUT2D eigenvalue weighted by molar-refractivity contribution is -0.137. The summed E-state index contributed by atoms with van der Waals surface area (Å²) in [4.78, 5) is 22.0. The fraction of sp³-hybridized carbons (Fsp3) is 0.800. The van der Waals surface area contributed by atoms with Gasteiger partial charge in [-0.1, -0.05) is 6.92 Å². The van der Waals surface area contributed by atoms with E-state index in [1.54, 1.807) is 13.8 Å². The Balaban J connectivity index is 4.31. The van der Waals surface area contributed by atoms with Crippen LogP contribution in [0.2, 0.25) is 0 Å². The summed E-state index contributed by atoms with van der Waals surface area (Å²) >= 11 is 0. The summed E-state index contributed by atoms with van der Waals surface area (Å²) in [5.41, 5.74) is 0. The van der Waals surface area contributed by atoms with Crippen LogP contribution in [0.1, 0.15) is 33.6 Å². The van der Waals surface area contributed by atoms with Crippen molar-refractivity contribution in [3.05, 3.63) is 0 Å². The van der Waals surface area contributed by atoms with Crippen LogP contribution in [0.25, 0.3) is 0 Å². The first-order valence-electron chi connectivity index (χ1n) is 5.70. The normalized spacial score (nSPS) is 14.8. The van der Waals surface area contributed by atoms with Crippen LogP contribution in [0.5, 0.6) is 0 Å². The first-order valence-corrected chi connectivity index (χ1v) is 7.35. The quantitative estimate of drug-likeness (QED) is 0.564. The zero-order valence-corrected chi connectivity index (χ0v) is 11.6. The number of rotatable bonds is 8. The Morgan fingerprint density at radius 1 is 1.28 bits per heavy atom. The second kappa shape index (κ2) is 7.32. The van der Waals surface area contributed by atoms with Crippen molar-refractivity contribution in [1.82, 2.24) is 10.0 Å². The fourth-order valence-corrected chi connectivity index (χ4v) is 2.63. The van der Waals surface area contributed by atoms with Crippen LogP contribution in [0, 0.1) is 0 Å². The lowest BCUT2D eigenvalue weighted by Crippen LogP contribution is -2.48. The van der Waals surface area contributed by atoms with Crippen molar-refractivity contribution < 1.29 is 23.1 Å². The summed E-state index contributed by atoms with van der Waals surface area (Å²) in [5.74, 6) is -1.61. The Labute approximate surface area is 107 Å². The molecule has 0 aliphatic rings. The van der Waals surface area contributed by atoms with E-state index < -0.39 is 34.0 Å². The maximum atomic E-state index is 11.6. The molecule has 0 saturated heterocycles. The highest BCUT2D eigenvalue weighted by Gasteiger charge is 2.21.